The van der Waals surface area contributed by atoms with E-state index in [0.29, 0.717) is 0 Å². The zero-order chi connectivity index (χ0) is 12.2. The van der Waals surface area contributed by atoms with Crippen molar-refractivity contribution in [1.29, 1.82) is 0 Å². The lowest BCUT2D eigenvalue weighted by molar-refractivity contribution is 0.101. The maximum absolute atomic E-state index is 13.0. The van der Waals surface area contributed by atoms with Gasteiger partial charge in [0.25, 0.3) is 0 Å². The molecule has 0 radical (unpaired) electrons. The molecule has 0 amide bonds. The van der Waals surface area contributed by atoms with E-state index in [1.54, 1.807) is 0 Å². The molecule has 0 atom stereocenters. The van der Waals surface area contributed by atoms with Gasteiger partial charge < -0.3 is 5.11 Å². The third-order valence-electron chi connectivity index (χ3n) is 1.80. The Hall–Kier alpha value is -1.09. The molecule has 0 spiro atoms. The van der Waals surface area contributed by atoms with Gasteiger partial charge in [0.05, 0.1) is 10.6 Å². The summed E-state index contributed by atoms with van der Waals surface area (Å²) in [7, 11) is 0. The summed E-state index contributed by atoms with van der Waals surface area (Å²) in [5, 5.41) is 9.20. The highest BCUT2D eigenvalue weighted by molar-refractivity contribution is 6.31. The molecule has 0 aromatic heterocycles. The monoisotopic (exact) mass is 232 g/mol. The Morgan fingerprint density at radius 1 is 1.47 bits per heavy atom. The van der Waals surface area contributed by atoms with Crippen LogP contribution in [0.25, 0.3) is 0 Å². The molecule has 1 N–H and O–H groups in total. The molecule has 0 aliphatic heterocycles. The largest absolute Gasteiger partial charge is 0.507 e. The fraction of sp³-hybridized carbons (Fsp3) is 0.364. The number of aromatic hydroxyl groups is 1. The Morgan fingerprint density at radius 3 is 2.33 bits per heavy atom. The first kappa shape index (κ1) is 13.9. The van der Waals surface area contributed by atoms with E-state index >= 15 is 0 Å². The van der Waals surface area contributed by atoms with Crippen molar-refractivity contribution < 1.29 is 14.3 Å². The molecule has 0 aliphatic rings. The third-order valence-corrected chi connectivity index (χ3v) is 2.07. The van der Waals surface area contributed by atoms with Crippen molar-refractivity contribution in [2.45, 2.75) is 27.7 Å². The van der Waals surface area contributed by atoms with Crippen molar-refractivity contribution in [2.75, 3.05) is 0 Å². The average Bonchev–Trinajstić information content (AvgIpc) is 2.23. The molecule has 1 rings (SSSR count). The van der Waals surface area contributed by atoms with Gasteiger partial charge in [-0.2, -0.15) is 0 Å². The summed E-state index contributed by atoms with van der Waals surface area (Å²) in [5.74, 6) is -1.37. The summed E-state index contributed by atoms with van der Waals surface area (Å²) in [5.41, 5.74) is 0.0431. The molecule has 15 heavy (non-hydrogen) atoms. The summed E-state index contributed by atoms with van der Waals surface area (Å²) in [6, 6.07) is 1.13. The van der Waals surface area contributed by atoms with Crippen LogP contribution in [0.4, 0.5) is 4.39 Å². The van der Waals surface area contributed by atoms with E-state index < -0.39 is 5.82 Å². The Labute approximate surface area is 93.7 Å². The molecule has 2 nitrogen and oxygen atoms in total. The number of phenolic OH excluding ortho intramolecular Hbond substituents is 1. The van der Waals surface area contributed by atoms with Gasteiger partial charge in [0.15, 0.2) is 5.78 Å². The highest BCUT2D eigenvalue weighted by Crippen LogP contribution is 2.30. The average molecular weight is 233 g/mol. The number of carbonyl (C=O) groups is 1. The van der Waals surface area contributed by atoms with Crippen LogP contribution in [0, 0.1) is 12.7 Å². The number of benzene rings is 1. The lowest BCUT2D eigenvalue weighted by Crippen LogP contribution is -1.97. The predicted molar refractivity (Wildman–Crippen MR) is 59.2 cm³/mol. The van der Waals surface area contributed by atoms with Gasteiger partial charge in [-0.3, -0.25) is 4.79 Å². The Morgan fingerprint density at radius 2 is 1.93 bits per heavy atom. The van der Waals surface area contributed by atoms with E-state index in [-0.39, 0.29) is 27.7 Å². The van der Waals surface area contributed by atoms with Gasteiger partial charge in [-0.05, 0) is 19.9 Å². The van der Waals surface area contributed by atoms with Crippen molar-refractivity contribution in [1.82, 2.24) is 0 Å². The quantitative estimate of drug-likeness (QED) is 0.750. The van der Waals surface area contributed by atoms with Crippen LogP contribution >= 0.6 is 11.6 Å². The summed E-state index contributed by atoms with van der Waals surface area (Å²) in [6.45, 7) is 6.64. The molecule has 1 aromatic rings. The Kier molecular flexibility index (Phi) is 5.29. The maximum Gasteiger partial charge on any atom is 0.163 e. The molecule has 4 heteroatoms. The second-order valence-corrected chi connectivity index (χ2v) is 3.16. The summed E-state index contributed by atoms with van der Waals surface area (Å²) in [4.78, 5) is 10.9. The first-order chi connectivity index (χ1) is 6.95. The van der Waals surface area contributed by atoms with E-state index in [2.05, 4.69) is 0 Å². The molecule has 0 heterocycles. The number of halogens is 2. The maximum atomic E-state index is 13.0. The number of phenols is 1. The van der Waals surface area contributed by atoms with Gasteiger partial charge >= 0.3 is 0 Å². The molecule has 1 aromatic carbocycles. The van der Waals surface area contributed by atoms with Crippen LogP contribution in [-0.4, -0.2) is 10.9 Å². The summed E-state index contributed by atoms with van der Waals surface area (Å²) >= 11 is 5.50. The second kappa shape index (κ2) is 5.71. The Bertz CT molecular complexity index is 375. The predicted octanol–water partition coefficient (Wildman–Crippen LogP) is 3.72. The van der Waals surface area contributed by atoms with E-state index in [4.69, 9.17) is 11.6 Å². The fourth-order valence-electron chi connectivity index (χ4n) is 1.01. The standard InChI is InChI=1S/C9H8ClFO2.C2H6/c1-4-8(11)7(10)3-6(5(2)12)9(4)13;1-2/h3,13H,1-2H3;1-2H3. The lowest BCUT2D eigenvalue weighted by Gasteiger charge is -2.06. The van der Waals surface area contributed by atoms with Crippen LogP contribution in [0.1, 0.15) is 36.7 Å². The van der Waals surface area contributed by atoms with Crippen LogP contribution in [0.3, 0.4) is 0 Å². The molecule has 0 bridgehead atoms. The first-order valence-corrected chi connectivity index (χ1v) is 5.01. The topological polar surface area (TPSA) is 37.3 Å². The molecule has 84 valence electrons. The molecule has 0 fully saturated rings. The van der Waals surface area contributed by atoms with Gasteiger partial charge in [0.1, 0.15) is 11.6 Å². The fourth-order valence-corrected chi connectivity index (χ4v) is 1.26. The number of hydrogen-bond acceptors (Lipinski definition) is 2. The molecular weight excluding hydrogens is 219 g/mol. The van der Waals surface area contributed by atoms with E-state index in [9.17, 15) is 14.3 Å². The second-order valence-electron chi connectivity index (χ2n) is 2.75. The number of ketones is 1. The first-order valence-electron chi connectivity index (χ1n) is 4.63. The molecule has 0 aliphatic carbocycles. The SMILES string of the molecule is CC.CC(=O)c1cc(Cl)c(F)c(C)c1O. The minimum atomic E-state index is -0.691. The van der Waals surface area contributed by atoms with Crippen molar-refractivity contribution in [3.8, 4) is 5.75 Å². The Balaban J connectivity index is 0.000000921. The molecule has 0 unspecified atom stereocenters. The van der Waals surface area contributed by atoms with Crippen molar-refractivity contribution in [3.05, 3.63) is 28.0 Å². The van der Waals surface area contributed by atoms with Crippen LogP contribution < -0.4 is 0 Å². The summed E-state index contributed by atoms with van der Waals surface area (Å²) < 4.78 is 13.0. The van der Waals surface area contributed by atoms with E-state index in [1.165, 1.54) is 13.8 Å². The van der Waals surface area contributed by atoms with E-state index in [0.717, 1.165) is 6.07 Å². The third kappa shape index (κ3) is 2.93. The molecule has 0 saturated carbocycles. The van der Waals surface area contributed by atoms with Crippen molar-refractivity contribution in [3.63, 3.8) is 0 Å². The smallest absolute Gasteiger partial charge is 0.163 e. The number of rotatable bonds is 1. The normalized spacial score (nSPS) is 9.20. The summed E-state index contributed by atoms with van der Waals surface area (Å²) in [6.07, 6.45) is 0. The van der Waals surface area contributed by atoms with Crippen LogP contribution in [0.15, 0.2) is 6.07 Å². The number of hydrogen-bond donors (Lipinski definition) is 1. The van der Waals surface area contributed by atoms with Crippen LogP contribution in [-0.2, 0) is 0 Å². The highest BCUT2D eigenvalue weighted by Gasteiger charge is 2.15. The van der Waals surface area contributed by atoms with Gasteiger partial charge in [-0.15, -0.1) is 0 Å². The molecule has 0 saturated heterocycles. The van der Waals surface area contributed by atoms with Crippen molar-refractivity contribution >= 4 is 17.4 Å². The van der Waals surface area contributed by atoms with Crippen LogP contribution in [0.2, 0.25) is 5.02 Å². The van der Waals surface area contributed by atoms with Gasteiger partial charge in [0.2, 0.25) is 0 Å². The highest BCUT2D eigenvalue weighted by atomic mass is 35.5. The van der Waals surface area contributed by atoms with Gasteiger partial charge in [0, 0.05) is 5.56 Å². The van der Waals surface area contributed by atoms with E-state index in [1.807, 2.05) is 13.8 Å². The zero-order valence-corrected chi connectivity index (χ0v) is 9.94. The number of carbonyl (C=O) groups excluding carboxylic acids is 1. The van der Waals surface area contributed by atoms with Gasteiger partial charge in [-0.1, -0.05) is 25.4 Å². The minimum Gasteiger partial charge on any atom is -0.507 e. The van der Waals surface area contributed by atoms with Crippen LogP contribution in [0.5, 0.6) is 5.75 Å². The lowest BCUT2D eigenvalue weighted by atomic mass is 10.1. The van der Waals surface area contributed by atoms with Gasteiger partial charge in [-0.25, -0.2) is 4.39 Å². The molecular formula is C11H14ClFO2. The van der Waals surface area contributed by atoms with Crippen molar-refractivity contribution in [2.24, 2.45) is 0 Å². The number of Topliss-reactive ketones (excluding diaryl/α,β-unsaturated/α-hetero) is 1. The minimum absolute atomic E-state index is 0.00213. The zero-order valence-electron chi connectivity index (χ0n) is 9.19.